The van der Waals surface area contributed by atoms with E-state index in [1.165, 1.54) is 6.42 Å². The average molecular weight is 304 g/mol. The highest BCUT2D eigenvalue weighted by Crippen LogP contribution is 2.47. The van der Waals surface area contributed by atoms with Crippen LogP contribution in [0.3, 0.4) is 0 Å². The Morgan fingerprint density at radius 3 is 1.78 bits per heavy atom. The third kappa shape index (κ3) is 2.39. The lowest BCUT2D eigenvalue weighted by Crippen LogP contribution is -2.54. The third-order valence-corrected chi connectivity index (χ3v) is 4.93. The molecule has 1 saturated heterocycles. The lowest BCUT2D eigenvalue weighted by molar-refractivity contribution is -0.165. The summed E-state index contributed by atoms with van der Waals surface area (Å²) in [5.41, 5.74) is 2.47. The maximum atomic E-state index is 12.9. The van der Waals surface area contributed by atoms with E-state index in [-0.39, 0.29) is 5.78 Å². The largest absolute Gasteiger partial charge is 0.474 e. The maximum Gasteiger partial charge on any atom is 0.241 e. The molecule has 116 valence electrons. The van der Waals surface area contributed by atoms with Gasteiger partial charge in [-0.15, -0.1) is 0 Å². The van der Waals surface area contributed by atoms with Gasteiger partial charge in [0, 0.05) is 5.57 Å². The zero-order valence-electron chi connectivity index (χ0n) is 13.1. The minimum Gasteiger partial charge on any atom is -0.474 e. The van der Waals surface area contributed by atoms with Crippen LogP contribution in [0.5, 0.6) is 0 Å². The Balaban J connectivity index is 1.79. The van der Waals surface area contributed by atoms with E-state index < -0.39 is 5.60 Å². The van der Waals surface area contributed by atoms with E-state index in [4.69, 9.17) is 4.74 Å². The molecule has 0 unspecified atom stereocenters. The molecule has 0 aromatic heterocycles. The number of Topliss-reactive ketones (excluding diaryl/α,β-unsaturated/α-hetero) is 1. The van der Waals surface area contributed by atoms with Gasteiger partial charge < -0.3 is 4.74 Å². The first-order chi connectivity index (χ1) is 11.3. The normalized spacial score (nSPS) is 19.1. The predicted octanol–water partition coefficient (Wildman–Crippen LogP) is 4.75. The second kappa shape index (κ2) is 5.69. The fourth-order valence-corrected chi connectivity index (χ4v) is 3.70. The molecule has 2 aliphatic rings. The second-order valence-corrected chi connectivity index (χ2v) is 6.42. The van der Waals surface area contributed by atoms with Crippen molar-refractivity contribution in [1.82, 2.24) is 0 Å². The highest BCUT2D eigenvalue weighted by molar-refractivity contribution is 6.12. The molecule has 1 aliphatic carbocycles. The number of hydrogen-bond donors (Lipinski definition) is 0. The SMILES string of the molecule is O=C1C(=C(c2ccccc2)c2ccccc2)OC12CCCCC2. The van der Waals surface area contributed by atoms with Gasteiger partial charge in [0.2, 0.25) is 5.78 Å². The van der Waals surface area contributed by atoms with Crippen LogP contribution in [0.2, 0.25) is 0 Å². The number of rotatable bonds is 2. The molecule has 1 spiro atoms. The van der Waals surface area contributed by atoms with Crippen LogP contribution in [0.1, 0.15) is 43.2 Å². The lowest BCUT2D eigenvalue weighted by Gasteiger charge is -2.45. The van der Waals surface area contributed by atoms with E-state index in [0.717, 1.165) is 42.4 Å². The molecule has 0 amide bonds. The van der Waals surface area contributed by atoms with Crippen molar-refractivity contribution in [2.75, 3.05) is 0 Å². The predicted molar refractivity (Wildman–Crippen MR) is 90.8 cm³/mol. The molecule has 0 N–H and O–H groups in total. The Bertz CT molecular complexity index is 696. The zero-order chi connectivity index (χ0) is 15.7. The zero-order valence-corrected chi connectivity index (χ0v) is 13.1. The summed E-state index contributed by atoms with van der Waals surface area (Å²) in [5, 5.41) is 0. The third-order valence-electron chi connectivity index (χ3n) is 4.93. The van der Waals surface area contributed by atoms with Crippen LogP contribution in [-0.4, -0.2) is 11.4 Å². The summed E-state index contributed by atoms with van der Waals surface area (Å²) in [6.45, 7) is 0. The quantitative estimate of drug-likeness (QED) is 0.749. The smallest absolute Gasteiger partial charge is 0.241 e. The topological polar surface area (TPSA) is 26.3 Å². The van der Waals surface area contributed by atoms with Gasteiger partial charge in [-0.05, 0) is 36.8 Å². The standard InChI is InChI=1S/C21H20O2/c22-20-19(23-21(20)14-8-3-9-15-21)18(16-10-4-1-5-11-16)17-12-6-2-7-13-17/h1-2,4-7,10-13H,3,8-9,14-15H2. The molecule has 0 atom stereocenters. The summed E-state index contributed by atoms with van der Waals surface area (Å²) in [5.74, 6) is 0.740. The highest BCUT2D eigenvalue weighted by atomic mass is 16.5. The van der Waals surface area contributed by atoms with Crippen molar-refractivity contribution < 1.29 is 9.53 Å². The molecule has 2 aromatic carbocycles. The summed E-state index contributed by atoms with van der Waals surface area (Å²) in [7, 11) is 0. The van der Waals surface area contributed by atoms with Crippen LogP contribution in [0.4, 0.5) is 0 Å². The van der Waals surface area contributed by atoms with Crippen molar-refractivity contribution in [3.8, 4) is 0 Å². The summed E-state index contributed by atoms with van der Waals surface area (Å²) in [4.78, 5) is 12.9. The number of carbonyl (C=O) groups is 1. The molecule has 4 rings (SSSR count). The minimum atomic E-state index is -0.525. The molecule has 1 saturated carbocycles. The van der Waals surface area contributed by atoms with Gasteiger partial charge in [0.25, 0.3) is 0 Å². The van der Waals surface area contributed by atoms with Gasteiger partial charge in [-0.1, -0.05) is 67.1 Å². The lowest BCUT2D eigenvalue weighted by atomic mass is 9.75. The molecule has 2 nitrogen and oxygen atoms in total. The average Bonchev–Trinajstić information content (AvgIpc) is 2.64. The van der Waals surface area contributed by atoms with Gasteiger partial charge in [-0.25, -0.2) is 0 Å². The molecule has 2 heteroatoms. The van der Waals surface area contributed by atoms with Gasteiger partial charge in [0.1, 0.15) is 0 Å². The van der Waals surface area contributed by atoms with Crippen LogP contribution in [0.25, 0.3) is 5.57 Å². The molecule has 1 aliphatic heterocycles. The van der Waals surface area contributed by atoms with Crippen LogP contribution in [-0.2, 0) is 9.53 Å². The summed E-state index contributed by atoms with van der Waals surface area (Å²) in [6.07, 6.45) is 5.12. The first-order valence-corrected chi connectivity index (χ1v) is 8.39. The molecule has 2 aromatic rings. The Labute approximate surface area is 136 Å². The molecular weight excluding hydrogens is 284 g/mol. The monoisotopic (exact) mass is 304 g/mol. The minimum absolute atomic E-state index is 0.194. The van der Waals surface area contributed by atoms with Crippen molar-refractivity contribution in [3.05, 3.63) is 77.5 Å². The summed E-state index contributed by atoms with van der Waals surface area (Å²) >= 11 is 0. The number of benzene rings is 2. The van der Waals surface area contributed by atoms with Crippen molar-refractivity contribution >= 4 is 11.4 Å². The number of ether oxygens (including phenoxy) is 1. The van der Waals surface area contributed by atoms with E-state index in [2.05, 4.69) is 0 Å². The molecule has 1 heterocycles. The van der Waals surface area contributed by atoms with Crippen LogP contribution >= 0.6 is 0 Å². The number of hydrogen-bond acceptors (Lipinski definition) is 2. The van der Waals surface area contributed by atoms with Crippen molar-refractivity contribution in [2.45, 2.75) is 37.7 Å². The first kappa shape index (κ1) is 14.3. The molecule has 2 fully saturated rings. The Morgan fingerprint density at radius 1 is 0.783 bits per heavy atom. The fourth-order valence-electron chi connectivity index (χ4n) is 3.70. The fraction of sp³-hybridized carbons (Fsp3) is 0.286. The Hall–Kier alpha value is -2.35. The first-order valence-electron chi connectivity index (χ1n) is 8.39. The van der Waals surface area contributed by atoms with Crippen LogP contribution in [0, 0.1) is 0 Å². The second-order valence-electron chi connectivity index (χ2n) is 6.42. The van der Waals surface area contributed by atoms with Crippen LogP contribution < -0.4 is 0 Å². The Morgan fingerprint density at radius 2 is 1.30 bits per heavy atom. The molecular formula is C21H20O2. The van der Waals surface area contributed by atoms with E-state index in [9.17, 15) is 4.79 Å². The van der Waals surface area contributed by atoms with E-state index in [0.29, 0.717) is 5.76 Å². The van der Waals surface area contributed by atoms with Crippen molar-refractivity contribution in [2.24, 2.45) is 0 Å². The van der Waals surface area contributed by atoms with Gasteiger partial charge >= 0.3 is 0 Å². The van der Waals surface area contributed by atoms with Gasteiger partial charge in [0.05, 0.1) is 0 Å². The summed E-state index contributed by atoms with van der Waals surface area (Å²) in [6, 6.07) is 20.1. The van der Waals surface area contributed by atoms with E-state index in [1.54, 1.807) is 0 Å². The number of ketones is 1. The van der Waals surface area contributed by atoms with Crippen LogP contribution in [0.15, 0.2) is 66.4 Å². The molecule has 23 heavy (non-hydrogen) atoms. The van der Waals surface area contributed by atoms with E-state index >= 15 is 0 Å². The molecule has 0 radical (unpaired) electrons. The van der Waals surface area contributed by atoms with Crippen molar-refractivity contribution in [1.29, 1.82) is 0 Å². The molecule has 0 bridgehead atoms. The van der Waals surface area contributed by atoms with Gasteiger partial charge in [0.15, 0.2) is 11.4 Å². The highest BCUT2D eigenvalue weighted by Gasteiger charge is 2.54. The van der Waals surface area contributed by atoms with Gasteiger partial charge in [-0.2, -0.15) is 0 Å². The van der Waals surface area contributed by atoms with E-state index in [1.807, 2.05) is 60.7 Å². The maximum absolute atomic E-state index is 12.9. The summed E-state index contributed by atoms with van der Waals surface area (Å²) < 4.78 is 6.18. The Kier molecular flexibility index (Phi) is 3.53. The number of carbonyl (C=O) groups excluding carboxylic acids is 1. The van der Waals surface area contributed by atoms with Gasteiger partial charge in [-0.3, -0.25) is 4.79 Å². The van der Waals surface area contributed by atoms with Crippen molar-refractivity contribution in [3.63, 3.8) is 0 Å².